The van der Waals surface area contributed by atoms with E-state index < -0.39 is 0 Å². The van der Waals surface area contributed by atoms with E-state index in [4.69, 9.17) is 0 Å². The predicted molar refractivity (Wildman–Crippen MR) is 76.0 cm³/mol. The summed E-state index contributed by atoms with van der Waals surface area (Å²) < 4.78 is 0. The zero-order valence-electron chi connectivity index (χ0n) is 10.9. The molecule has 0 aliphatic heterocycles. The molecule has 2 heteroatoms. The van der Waals surface area contributed by atoms with Crippen molar-refractivity contribution in [2.45, 2.75) is 26.3 Å². The van der Waals surface area contributed by atoms with E-state index in [-0.39, 0.29) is 0 Å². The van der Waals surface area contributed by atoms with Gasteiger partial charge in [0.25, 0.3) is 0 Å². The van der Waals surface area contributed by atoms with Gasteiger partial charge in [0.2, 0.25) is 0 Å². The second-order valence-corrected chi connectivity index (χ2v) is 4.76. The molecule has 2 rings (SSSR count). The van der Waals surface area contributed by atoms with Crippen LogP contribution >= 0.6 is 0 Å². The molecule has 0 unspecified atom stereocenters. The van der Waals surface area contributed by atoms with E-state index in [1.165, 1.54) is 5.56 Å². The van der Waals surface area contributed by atoms with E-state index in [0.717, 1.165) is 11.3 Å². The second kappa shape index (κ2) is 5.58. The zero-order chi connectivity index (χ0) is 13.0. The van der Waals surface area contributed by atoms with Gasteiger partial charge in [0.15, 0.2) is 0 Å². The molecule has 0 atom stereocenters. The van der Waals surface area contributed by atoms with Crippen LogP contribution in [0.4, 0.5) is 5.69 Å². The molecule has 18 heavy (non-hydrogen) atoms. The largest absolute Gasteiger partial charge is 0.508 e. The Kier molecular flexibility index (Phi) is 3.88. The third kappa shape index (κ3) is 3.04. The number of hydrogen-bond donors (Lipinski definition) is 2. The van der Waals surface area contributed by atoms with E-state index >= 15 is 0 Å². The molecule has 0 spiro atoms. The van der Waals surface area contributed by atoms with Crippen LogP contribution in [0.25, 0.3) is 0 Å². The molecule has 0 saturated carbocycles. The molecule has 0 amide bonds. The molecule has 0 heterocycles. The van der Waals surface area contributed by atoms with Gasteiger partial charge in [0.05, 0.1) is 0 Å². The van der Waals surface area contributed by atoms with Gasteiger partial charge in [-0.1, -0.05) is 44.2 Å². The van der Waals surface area contributed by atoms with Gasteiger partial charge in [-0.2, -0.15) is 0 Å². The van der Waals surface area contributed by atoms with E-state index in [1.54, 1.807) is 6.07 Å². The Balaban J connectivity index is 2.00. The minimum atomic E-state index is 0.337. The van der Waals surface area contributed by atoms with Gasteiger partial charge in [-0.15, -0.1) is 0 Å². The molecule has 0 aliphatic rings. The Hall–Kier alpha value is -1.96. The third-order valence-corrected chi connectivity index (χ3v) is 3.05. The lowest BCUT2D eigenvalue weighted by molar-refractivity contribution is 0.469. The summed E-state index contributed by atoms with van der Waals surface area (Å²) in [5.74, 6) is 0.890. The zero-order valence-corrected chi connectivity index (χ0v) is 10.9. The Morgan fingerprint density at radius 1 is 1.00 bits per heavy atom. The first-order chi connectivity index (χ1) is 8.66. The molecule has 0 aromatic heterocycles. The van der Waals surface area contributed by atoms with E-state index in [1.807, 2.05) is 18.2 Å². The van der Waals surface area contributed by atoms with Crippen LogP contribution in [0, 0.1) is 0 Å². The van der Waals surface area contributed by atoms with Crippen LogP contribution in [-0.4, -0.2) is 5.11 Å². The van der Waals surface area contributed by atoms with E-state index in [0.29, 0.717) is 18.2 Å². The van der Waals surface area contributed by atoms with Gasteiger partial charge in [0, 0.05) is 17.8 Å². The van der Waals surface area contributed by atoms with Gasteiger partial charge >= 0.3 is 0 Å². The average molecular weight is 241 g/mol. The molecular formula is C16H19NO. The number of rotatable bonds is 4. The van der Waals surface area contributed by atoms with Crippen molar-refractivity contribution in [3.8, 4) is 5.75 Å². The highest BCUT2D eigenvalue weighted by Gasteiger charge is 2.01. The molecule has 0 saturated heterocycles. The van der Waals surface area contributed by atoms with Crippen LogP contribution in [-0.2, 0) is 6.54 Å². The molecule has 0 bridgehead atoms. The first-order valence-electron chi connectivity index (χ1n) is 6.27. The van der Waals surface area contributed by atoms with Crippen LogP contribution in [0.2, 0.25) is 0 Å². The maximum Gasteiger partial charge on any atom is 0.120 e. The SMILES string of the molecule is CC(C)c1ccc(NCc2ccccc2O)cc1. The van der Waals surface area contributed by atoms with Gasteiger partial charge < -0.3 is 10.4 Å². The molecule has 2 aromatic carbocycles. The van der Waals surface area contributed by atoms with Crippen molar-refractivity contribution in [1.82, 2.24) is 0 Å². The number of hydrogen-bond acceptors (Lipinski definition) is 2. The number of benzene rings is 2. The smallest absolute Gasteiger partial charge is 0.120 e. The van der Waals surface area contributed by atoms with Gasteiger partial charge in [-0.3, -0.25) is 0 Å². The first-order valence-corrected chi connectivity index (χ1v) is 6.27. The number of aromatic hydroxyl groups is 1. The maximum atomic E-state index is 9.67. The van der Waals surface area contributed by atoms with Crippen molar-refractivity contribution in [2.75, 3.05) is 5.32 Å². The number of anilines is 1. The molecule has 2 aromatic rings. The number of para-hydroxylation sites is 1. The minimum absolute atomic E-state index is 0.337. The van der Waals surface area contributed by atoms with Gasteiger partial charge in [-0.25, -0.2) is 0 Å². The molecule has 0 fully saturated rings. The van der Waals surface area contributed by atoms with E-state index in [2.05, 4.69) is 43.4 Å². The lowest BCUT2D eigenvalue weighted by Gasteiger charge is -2.10. The Bertz CT molecular complexity index is 503. The quantitative estimate of drug-likeness (QED) is 0.843. The van der Waals surface area contributed by atoms with Crippen LogP contribution in [0.5, 0.6) is 5.75 Å². The van der Waals surface area contributed by atoms with Crippen molar-refractivity contribution in [2.24, 2.45) is 0 Å². The lowest BCUT2D eigenvalue weighted by Crippen LogP contribution is -1.99. The summed E-state index contributed by atoms with van der Waals surface area (Å²) in [6, 6.07) is 15.8. The fraction of sp³-hybridized carbons (Fsp3) is 0.250. The standard InChI is InChI=1S/C16H19NO/c1-12(2)13-7-9-15(10-8-13)17-11-14-5-3-4-6-16(14)18/h3-10,12,17-18H,11H2,1-2H3. The van der Waals surface area contributed by atoms with Crippen molar-refractivity contribution in [3.63, 3.8) is 0 Å². The van der Waals surface area contributed by atoms with Crippen molar-refractivity contribution in [1.29, 1.82) is 0 Å². The summed E-state index contributed by atoms with van der Waals surface area (Å²) in [5, 5.41) is 13.0. The summed E-state index contributed by atoms with van der Waals surface area (Å²) >= 11 is 0. The van der Waals surface area contributed by atoms with Gasteiger partial charge in [-0.05, 0) is 29.7 Å². The molecule has 2 N–H and O–H groups in total. The Labute approximate surface area is 108 Å². The molecule has 94 valence electrons. The minimum Gasteiger partial charge on any atom is -0.508 e. The fourth-order valence-corrected chi connectivity index (χ4v) is 1.84. The van der Waals surface area contributed by atoms with Crippen molar-refractivity contribution in [3.05, 3.63) is 59.7 Å². The number of phenols is 1. The Morgan fingerprint density at radius 3 is 2.28 bits per heavy atom. The van der Waals surface area contributed by atoms with E-state index in [9.17, 15) is 5.11 Å². The average Bonchev–Trinajstić information content (AvgIpc) is 2.38. The Morgan fingerprint density at radius 2 is 1.67 bits per heavy atom. The molecular weight excluding hydrogens is 222 g/mol. The number of phenolic OH excluding ortho intramolecular Hbond substituents is 1. The van der Waals surface area contributed by atoms with Crippen LogP contribution in [0.15, 0.2) is 48.5 Å². The highest BCUT2D eigenvalue weighted by molar-refractivity contribution is 5.46. The summed E-state index contributed by atoms with van der Waals surface area (Å²) in [5.41, 5.74) is 3.32. The first kappa shape index (κ1) is 12.5. The lowest BCUT2D eigenvalue weighted by atomic mass is 10.0. The van der Waals surface area contributed by atoms with Crippen LogP contribution in [0.3, 0.4) is 0 Å². The topological polar surface area (TPSA) is 32.3 Å². The predicted octanol–water partition coefficient (Wildman–Crippen LogP) is 4.13. The number of nitrogens with one attached hydrogen (secondary N) is 1. The molecule has 2 nitrogen and oxygen atoms in total. The van der Waals surface area contributed by atoms with Crippen molar-refractivity contribution < 1.29 is 5.11 Å². The van der Waals surface area contributed by atoms with Crippen molar-refractivity contribution >= 4 is 5.69 Å². The molecule has 0 radical (unpaired) electrons. The molecule has 0 aliphatic carbocycles. The third-order valence-electron chi connectivity index (χ3n) is 3.05. The maximum absolute atomic E-state index is 9.67. The second-order valence-electron chi connectivity index (χ2n) is 4.76. The fourth-order valence-electron chi connectivity index (χ4n) is 1.84. The highest BCUT2D eigenvalue weighted by Crippen LogP contribution is 2.20. The summed E-state index contributed by atoms with van der Waals surface area (Å²) in [4.78, 5) is 0. The summed E-state index contributed by atoms with van der Waals surface area (Å²) in [6.07, 6.45) is 0. The highest BCUT2D eigenvalue weighted by atomic mass is 16.3. The summed E-state index contributed by atoms with van der Waals surface area (Å²) in [7, 11) is 0. The van der Waals surface area contributed by atoms with Gasteiger partial charge in [0.1, 0.15) is 5.75 Å². The monoisotopic (exact) mass is 241 g/mol. The van der Waals surface area contributed by atoms with Crippen LogP contribution in [0.1, 0.15) is 30.9 Å². The van der Waals surface area contributed by atoms with Crippen LogP contribution < -0.4 is 5.32 Å². The summed E-state index contributed by atoms with van der Waals surface area (Å²) in [6.45, 7) is 5.00. The normalized spacial score (nSPS) is 10.6.